The Labute approximate surface area is 114 Å². The summed E-state index contributed by atoms with van der Waals surface area (Å²) in [5, 5.41) is 0. The van der Waals surface area contributed by atoms with Gasteiger partial charge in [-0.25, -0.2) is 0 Å². The Kier molecular flexibility index (Phi) is 4.02. The Bertz CT molecular complexity index is 531. The van der Waals surface area contributed by atoms with E-state index >= 15 is 0 Å². The maximum Gasteiger partial charge on any atom is 0.141 e. The molecular formula is C13H11BrClNO. The van der Waals surface area contributed by atoms with Gasteiger partial charge in [0.1, 0.15) is 11.5 Å². The summed E-state index contributed by atoms with van der Waals surface area (Å²) in [6.45, 7) is 1.92. The van der Waals surface area contributed by atoms with Crippen LogP contribution in [0.1, 0.15) is 11.3 Å². The third-order valence-corrected chi connectivity index (χ3v) is 3.22. The first kappa shape index (κ1) is 12.4. The predicted octanol–water partition coefficient (Wildman–Crippen LogP) is 4.68. The van der Waals surface area contributed by atoms with Gasteiger partial charge >= 0.3 is 0 Å². The van der Waals surface area contributed by atoms with E-state index in [1.165, 1.54) is 0 Å². The first-order chi connectivity index (χ1) is 8.20. The molecule has 4 heteroatoms. The Hall–Kier alpha value is -1.06. The number of benzene rings is 1. The van der Waals surface area contributed by atoms with Gasteiger partial charge in [-0.05, 0) is 35.0 Å². The fourth-order valence-electron chi connectivity index (χ4n) is 1.40. The van der Waals surface area contributed by atoms with E-state index < -0.39 is 0 Å². The van der Waals surface area contributed by atoms with Crippen molar-refractivity contribution in [2.24, 2.45) is 0 Å². The molecule has 0 amide bonds. The van der Waals surface area contributed by atoms with E-state index in [4.69, 9.17) is 16.3 Å². The lowest BCUT2D eigenvalue weighted by molar-refractivity contribution is 0.474. The Balaban J connectivity index is 2.35. The highest BCUT2D eigenvalue weighted by Crippen LogP contribution is 2.31. The third kappa shape index (κ3) is 2.99. The van der Waals surface area contributed by atoms with Crippen LogP contribution in [0.25, 0.3) is 0 Å². The summed E-state index contributed by atoms with van der Waals surface area (Å²) in [6, 6.07) is 9.59. The summed E-state index contributed by atoms with van der Waals surface area (Å²) >= 11 is 9.30. The zero-order valence-corrected chi connectivity index (χ0v) is 11.6. The summed E-state index contributed by atoms with van der Waals surface area (Å²) < 4.78 is 6.75. The molecule has 88 valence electrons. The van der Waals surface area contributed by atoms with Crippen LogP contribution < -0.4 is 4.74 Å². The highest BCUT2D eigenvalue weighted by atomic mass is 79.9. The summed E-state index contributed by atoms with van der Waals surface area (Å²) in [7, 11) is 0. The first-order valence-corrected chi connectivity index (χ1v) is 6.47. The van der Waals surface area contributed by atoms with Gasteiger partial charge in [0.15, 0.2) is 0 Å². The largest absolute Gasteiger partial charge is 0.456 e. The molecule has 0 spiro atoms. The summed E-state index contributed by atoms with van der Waals surface area (Å²) in [5.41, 5.74) is 1.79. The first-order valence-electron chi connectivity index (χ1n) is 5.14. The van der Waals surface area contributed by atoms with Crippen LogP contribution in [0, 0.1) is 6.92 Å². The number of alkyl halides is 1. The minimum Gasteiger partial charge on any atom is -0.456 e. The van der Waals surface area contributed by atoms with E-state index in [9.17, 15) is 0 Å². The summed E-state index contributed by atoms with van der Waals surface area (Å²) in [6.07, 6.45) is 1.74. The number of hydrogen-bond acceptors (Lipinski definition) is 2. The van der Waals surface area contributed by atoms with Gasteiger partial charge in [0, 0.05) is 23.5 Å². The molecule has 1 aromatic carbocycles. The Morgan fingerprint density at radius 3 is 2.76 bits per heavy atom. The van der Waals surface area contributed by atoms with Crippen molar-refractivity contribution in [1.82, 2.24) is 4.98 Å². The molecule has 0 aliphatic carbocycles. The van der Waals surface area contributed by atoms with E-state index in [1.807, 2.05) is 37.3 Å². The zero-order valence-electron chi connectivity index (χ0n) is 9.28. The predicted molar refractivity (Wildman–Crippen MR) is 72.7 cm³/mol. The molecule has 1 aromatic heterocycles. The van der Waals surface area contributed by atoms with Crippen LogP contribution in [-0.2, 0) is 5.88 Å². The Morgan fingerprint density at radius 2 is 2.06 bits per heavy atom. The van der Waals surface area contributed by atoms with Gasteiger partial charge in [0.05, 0.1) is 10.4 Å². The van der Waals surface area contributed by atoms with Crippen LogP contribution >= 0.6 is 27.5 Å². The number of nitrogens with zero attached hydrogens (tertiary/aromatic N) is 1. The number of para-hydroxylation sites is 1. The number of aryl methyl sites for hydroxylation is 1. The number of hydrogen-bond donors (Lipinski definition) is 0. The third-order valence-electron chi connectivity index (χ3n) is 2.28. The van der Waals surface area contributed by atoms with Gasteiger partial charge in [-0.2, -0.15) is 0 Å². The highest BCUT2D eigenvalue weighted by Gasteiger charge is 2.07. The average Bonchev–Trinajstić information content (AvgIpc) is 2.32. The van der Waals surface area contributed by atoms with Crippen molar-refractivity contribution in [3.05, 3.63) is 52.3 Å². The number of halogens is 2. The molecular weight excluding hydrogens is 302 g/mol. The quantitative estimate of drug-likeness (QED) is 0.767. The molecule has 2 aromatic rings. The topological polar surface area (TPSA) is 22.1 Å². The minimum absolute atomic E-state index is 0.382. The molecule has 0 fully saturated rings. The molecule has 0 aliphatic rings. The molecule has 0 bridgehead atoms. The van der Waals surface area contributed by atoms with Crippen molar-refractivity contribution < 1.29 is 4.74 Å². The lowest BCUT2D eigenvalue weighted by Gasteiger charge is -2.11. The number of aromatic nitrogens is 1. The van der Waals surface area contributed by atoms with Crippen LogP contribution in [0.2, 0.25) is 0 Å². The van der Waals surface area contributed by atoms with Crippen molar-refractivity contribution in [3.63, 3.8) is 0 Å². The Morgan fingerprint density at radius 1 is 1.29 bits per heavy atom. The zero-order chi connectivity index (χ0) is 12.3. The number of rotatable bonds is 3. The number of pyridine rings is 1. The lowest BCUT2D eigenvalue weighted by Crippen LogP contribution is -1.93. The summed E-state index contributed by atoms with van der Waals surface area (Å²) in [5.74, 6) is 1.90. The second-order valence-corrected chi connectivity index (χ2v) is 4.72. The van der Waals surface area contributed by atoms with Gasteiger partial charge in [-0.1, -0.05) is 12.1 Å². The fourth-order valence-corrected chi connectivity index (χ4v) is 1.97. The van der Waals surface area contributed by atoms with Crippen molar-refractivity contribution in [2.45, 2.75) is 12.8 Å². The van der Waals surface area contributed by atoms with Crippen LogP contribution in [0.3, 0.4) is 0 Å². The molecule has 0 saturated heterocycles. The molecule has 1 heterocycles. The maximum absolute atomic E-state index is 5.86. The smallest absolute Gasteiger partial charge is 0.141 e. The van der Waals surface area contributed by atoms with E-state index in [0.29, 0.717) is 5.88 Å². The van der Waals surface area contributed by atoms with Crippen LogP contribution in [0.15, 0.2) is 41.0 Å². The van der Waals surface area contributed by atoms with E-state index in [-0.39, 0.29) is 0 Å². The highest BCUT2D eigenvalue weighted by molar-refractivity contribution is 9.10. The van der Waals surface area contributed by atoms with Gasteiger partial charge < -0.3 is 4.74 Å². The van der Waals surface area contributed by atoms with Crippen molar-refractivity contribution in [3.8, 4) is 11.5 Å². The van der Waals surface area contributed by atoms with Gasteiger partial charge in [-0.15, -0.1) is 11.6 Å². The van der Waals surface area contributed by atoms with Gasteiger partial charge in [0.2, 0.25) is 0 Å². The van der Waals surface area contributed by atoms with E-state index in [0.717, 1.165) is 27.2 Å². The van der Waals surface area contributed by atoms with Crippen LogP contribution in [0.4, 0.5) is 0 Å². The molecule has 0 radical (unpaired) electrons. The molecule has 0 saturated carbocycles. The van der Waals surface area contributed by atoms with Gasteiger partial charge in [0.25, 0.3) is 0 Å². The monoisotopic (exact) mass is 311 g/mol. The summed E-state index contributed by atoms with van der Waals surface area (Å²) in [4.78, 5) is 4.20. The minimum atomic E-state index is 0.382. The molecule has 2 rings (SSSR count). The van der Waals surface area contributed by atoms with E-state index in [2.05, 4.69) is 20.9 Å². The fraction of sp³-hybridized carbons (Fsp3) is 0.154. The van der Waals surface area contributed by atoms with Crippen molar-refractivity contribution in [2.75, 3.05) is 0 Å². The van der Waals surface area contributed by atoms with Crippen molar-refractivity contribution >= 4 is 27.5 Å². The second kappa shape index (κ2) is 5.52. The van der Waals surface area contributed by atoms with Crippen LogP contribution in [-0.4, -0.2) is 4.98 Å². The molecule has 2 nitrogen and oxygen atoms in total. The van der Waals surface area contributed by atoms with Crippen LogP contribution in [0.5, 0.6) is 11.5 Å². The standard InChI is InChI=1S/C13H11BrClNO/c1-9-6-13(10(7-15)8-16-9)17-12-5-3-2-4-11(12)14/h2-6,8H,7H2,1H3. The molecule has 0 aliphatic heterocycles. The normalized spacial score (nSPS) is 10.3. The molecule has 17 heavy (non-hydrogen) atoms. The maximum atomic E-state index is 5.86. The number of ether oxygens (including phenoxy) is 1. The SMILES string of the molecule is Cc1cc(Oc2ccccc2Br)c(CCl)cn1. The van der Waals surface area contributed by atoms with E-state index in [1.54, 1.807) is 6.20 Å². The average molecular weight is 313 g/mol. The lowest BCUT2D eigenvalue weighted by atomic mass is 10.2. The van der Waals surface area contributed by atoms with Crippen molar-refractivity contribution in [1.29, 1.82) is 0 Å². The molecule has 0 unspecified atom stereocenters. The second-order valence-electron chi connectivity index (χ2n) is 3.60. The molecule has 0 N–H and O–H groups in total. The van der Waals surface area contributed by atoms with Gasteiger partial charge in [-0.3, -0.25) is 4.98 Å². The molecule has 0 atom stereocenters.